The fraction of sp³-hybridized carbons (Fsp3) is 0.400. The molecule has 1 radical (unpaired) electrons. The lowest BCUT2D eigenvalue weighted by molar-refractivity contribution is 0.919. The largest absolute Gasteiger partial charge is 0.368 e. The normalized spacial score (nSPS) is 19.5. The highest BCUT2D eigenvalue weighted by atomic mass is 15.5. The van der Waals surface area contributed by atoms with Gasteiger partial charge in [-0.05, 0) is 0 Å². The Morgan fingerprint density at radius 1 is 1.47 bits per heavy atom. The van der Waals surface area contributed by atoms with E-state index in [9.17, 15) is 0 Å². The average Bonchev–Trinajstić information content (AvgIpc) is 3.01. The highest BCUT2D eigenvalue weighted by Gasteiger charge is 2.19. The number of hydrogen-bond acceptors (Lipinski definition) is 4. The lowest BCUT2D eigenvalue weighted by atomic mass is 10.2. The van der Waals surface area contributed by atoms with Crippen LogP contribution in [-0.4, -0.2) is 36.7 Å². The van der Waals surface area contributed by atoms with Gasteiger partial charge in [-0.3, -0.25) is 10.0 Å². The molecule has 0 fully saturated rings. The van der Waals surface area contributed by atoms with Gasteiger partial charge in [-0.1, -0.05) is 0 Å². The summed E-state index contributed by atoms with van der Waals surface area (Å²) in [6, 6.07) is 0. The van der Waals surface area contributed by atoms with E-state index in [1.165, 1.54) is 0 Å². The van der Waals surface area contributed by atoms with E-state index in [2.05, 4.69) is 26.6 Å². The summed E-state index contributed by atoms with van der Waals surface area (Å²) in [5.74, 6) is 0.949. The second-order valence-electron chi connectivity index (χ2n) is 3.54. The van der Waals surface area contributed by atoms with Crippen molar-refractivity contribution in [2.45, 2.75) is 6.42 Å². The average molecular weight is 202 g/mol. The number of rotatable bonds is 2. The summed E-state index contributed by atoms with van der Waals surface area (Å²) < 4.78 is 0. The van der Waals surface area contributed by atoms with Gasteiger partial charge in [0.15, 0.2) is 0 Å². The molecule has 77 valence electrons. The number of aromatic nitrogens is 1. The molecule has 0 atom stereocenters. The van der Waals surface area contributed by atoms with Crippen LogP contribution < -0.4 is 10.3 Å². The van der Waals surface area contributed by atoms with Crippen molar-refractivity contribution in [2.24, 2.45) is 10.1 Å². The Bertz CT molecular complexity index is 417. The molecular formula is C10H12N5. The predicted octanol–water partition coefficient (Wildman–Crippen LogP) is 0.361. The summed E-state index contributed by atoms with van der Waals surface area (Å²) in [5, 5.41) is 9.49. The van der Waals surface area contributed by atoms with Gasteiger partial charge in [-0.25, -0.2) is 0 Å². The third-order valence-corrected chi connectivity index (χ3v) is 2.54. The number of aliphatic imine (C=N–C) groups is 1. The van der Waals surface area contributed by atoms with Crippen LogP contribution in [0.25, 0.3) is 0 Å². The molecule has 3 heterocycles. The molecule has 0 aliphatic carbocycles. The quantitative estimate of drug-likeness (QED) is 0.727. The second-order valence-corrected chi connectivity index (χ2v) is 3.54. The number of hydrogen-bond donors (Lipinski definition) is 2. The van der Waals surface area contributed by atoms with Crippen molar-refractivity contribution >= 4 is 17.7 Å². The van der Waals surface area contributed by atoms with Crippen molar-refractivity contribution in [1.29, 1.82) is 0 Å². The molecule has 2 N–H and O–H groups in total. The van der Waals surface area contributed by atoms with E-state index in [0.717, 1.165) is 43.1 Å². The molecule has 5 heteroatoms. The molecule has 0 spiro atoms. The monoisotopic (exact) mass is 202 g/mol. The minimum Gasteiger partial charge on any atom is -0.368 e. The van der Waals surface area contributed by atoms with Crippen molar-refractivity contribution in [2.75, 3.05) is 24.6 Å². The Hall–Kier alpha value is -1.78. The number of aromatic amines is 1. The number of nitrogens with zero attached hydrogens (tertiary/aromatic N) is 3. The third kappa shape index (κ3) is 1.40. The highest BCUT2D eigenvalue weighted by molar-refractivity contribution is 6.04. The maximum atomic E-state index is 4.40. The maximum Gasteiger partial charge on any atom is 0.132 e. The van der Waals surface area contributed by atoms with Crippen LogP contribution in [0.3, 0.4) is 0 Å². The number of hydrazone groups is 1. The smallest absolute Gasteiger partial charge is 0.132 e. The number of amidine groups is 1. The van der Waals surface area contributed by atoms with Crippen LogP contribution in [0.5, 0.6) is 0 Å². The zero-order valence-electron chi connectivity index (χ0n) is 8.32. The molecule has 1 aromatic heterocycles. The van der Waals surface area contributed by atoms with Gasteiger partial charge in [0, 0.05) is 31.9 Å². The summed E-state index contributed by atoms with van der Waals surface area (Å²) in [4.78, 5) is 7.39. The van der Waals surface area contributed by atoms with E-state index in [0.29, 0.717) is 0 Å². The van der Waals surface area contributed by atoms with Gasteiger partial charge in [0.05, 0.1) is 24.0 Å². The number of nitrogens with one attached hydrogen (secondary N) is 2. The number of anilines is 1. The Kier molecular flexibility index (Phi) is 1.94. The van der Waals surface area contributed by atoms with Gasteiger partial charge in [-0.2, -0.15) is 5.10 Å². The summed E-state index contributed by atoms with van der Waals surface area (Å²) in [6.07, 6.45) is 7.93. The molecule has 0 saturated carbocycles. The van der Waals surface area contributed by atoms with Crippen LogP contribution in [0.15, 0.2) is 16.3 Å². The summed E-state index contributed by atoms with van der Waals surface area (Å²) in [7, 11) is 0. The van der Waals surface area contributed by atoms with Gasteiger partial charge < -0.3 is 10.3 Å². The Morgan fingerprint density at radius 3 is 3.20 bits per heavy atom. The van der Waals surface area contributed by atoms with Crippen molar-refractivity contribution < 1.29 is 0 Å². The topological polar surface area (TPSA) is 55.8 Å². The molecule has 2 aliphatic rings. The summed E-state index contributed by atoms with van der Waals surface area (Å²) in [6.45, 7) is 2.70. The zero-order valence-corrected chi connectivity index (χ0v) is 8.32. The maximum absolute atomic E-state index is 4.40. The SMILES string of the molecule is [c]1[nH]cc(C2=NCCN2)c1N1CCC=N1. The first-order valence-corrected chi connectivity index (χ1v) is 5.13. The van der Waals surface area contributed by atoms with Gasteiger partial charge in [-0.15, -0.1) is 0 Å². The molecule has 0 unspecified atom stereocenters. The van der Waals surface area contributed by atoms with E-state index in [1.807, 2.05) is 17.4 Å². The predicted molar refractivity (Wildman–Crippen MR) is 59.5 cm³/mol. The Labute approximate surface area is 87.9 Å². The van der Waals surface area contributed by atoms with Gasteiger partial charge in [0.2, 0.25) is 0 Å². The van der Waals surface area contributed by atoms with E-state index in [-0.39, 0.29) is 0 Å². The fourth-order valence-electron chi connectivity index (χ4n) is 1.84. The molecule has 0 bridgehead atoms. The van der Waals surface area contributed by atoms with Gasteiger partial charge >= 0.3 is 0 Å². The number of H-pyrrole nitrogens is 1. The summed E-state index contributed by atoms with van der Waals surface area (Å²) in [5.41, 5.74) is 2.04. The van der Waals surface area contributed by atoms with Crippen molar-refractivity contribution in [3.05, 3.63) is 18.0 Å². The minimum atomic E-state index is 0.850. The van der Waals surface area contributed by atoms with Crippen LogP contribution in [0, 0.1) is 6.20 Å². The second kappa shape index (κ2) is 3.42. The van der Waals surface area contributed by atoms with E-state index >= 15 is 0 Å². The lowest BCUT2D eigenvalue weighted by Gasteiger charge is -2.13. The van der Waals surface area contributed by atoms with Crippen LogP contribution in [0.2, 0.25) is 0 Å². The highest BCUT2D eigenvalue weighted by Crippen LogP contribution is 2.22. The van der Waals surface area contributed by atoms with Crippen LogP contribution in [-0.2, 0) is 0 Å². The van der Waals surface area contributed by atoms with E-state index in [4.69, 9.17) is 0 Å². The molecule has 5 nitrogen and oxygen atoms in total. The van der Waals surface area contributed by atoms with Gasteiger partial charge in [0.1, 0.15) is 5.84 Å². The molecule has 0 saturated heterocycles. The summed E-state index contributed by atoms with van der Waals surface area (Å²) >= 11 is 0. The van der Waals surface area contributed by atoms with Crippen molar-refractivity contribution in [3.8, 4) is 0 Å². The van der Waals surface area contributed by atoms with E-state index in [1.54, 1.807) is 0 Å². The minimum absolute atomic E-state index is 0.850. The lowest BCUT2D eigenvalue weighted by Crippen LogP contribution is -2.22. The Balaban J connectivity index is 1.94. The first kappa shape index (κ1) is 8.52. The van der Waals surface area contributed by atoms with Gasteiger partial charge in [0.25, 0.3) is 0 Å². The first-order valence-electron chi connectivity index (χ1n) is 5.13. The van der Waals surface area contributed by atoms with Crippen LogP contribution in [0.4, 0.5) is 5.69 Å². The molecular weight excluding hydrogens is 190 g/mol. The Morgan fingerprint density at radius 2 is 2.47 bits per heavy atom. The molecule has 15 heavy (non-hydrogen) atoms. The van der Waals surface area contributed by atoms with Crippen molar-refractivity contribution in [3.63, 3.8) is 0 Å². The molecule has 0 amide bonds. The fourth-order valence-corrected chi connectivity index (χ4v) is 1.84. The molecule has 3 rings (SSSR count). The van der Waals surface area contributed by atoms with Crippen LogP contribution in [0.1, 0.15) is 12.0 Å². The molecule has 0 aromatic carbocycles. The molecule has 1 aromatic rings. The zero-order chi connectivity index (χ0) is 10.1. The van der Waals surface area contributed by atoms with Crippen molar-refractivity contribution in [1.82, 2.24) is 10.3 Å². The standard InChI is InChI=1S/C10H12N5/c1-2-14-15(5-1)9-7-11-6-8(9)10-12-3-4-13-10/h2,6,11H,1,3-5H2,(H,12,13). The van der Waals surface area contributed by atoms with E-state index < -0.39 is 0 Å². The molecule has 2 aliphatic heterocycles. The first-order chi connectivity index (χ1) is 7.45. The third-order valence-electron chi connectivity index (χ3n) is 2.54. The van der Waals surface area contributed by atoms with Crippen LogP contribution >= 0.6 is 0 Å².